The fraction of sp³-hybridized carbons (Fsp3) is 0.312. The van der Waals surface area contributed by atoms with Gasteiger partial charge in [0.25, 0.3) is 5.91 Å². The molecule has 3 rings (SSSR count). The van der Waals surface area contributed by atoms with E-state index in [0.717, 1.165) is 0 Å². The lowest BCUT2D eigenvalue weighted by atomic mass is 10.0. The number of fused-ring (bicyclic) bond motifs is 1. The molecule has 0 saturated heterocycles. The minimum Gasteiger partial charge on any atom is -0.365 e. The summed E-state index contributed by atoms with van der Waals surface area (Å²) in [6.45, 7) is 1.10. The van der Waals surface area contributed by atoms with Gasteiger partial charge < -0.3 is 11.1 Å². The number of carbonyl (C=O) groups excluding carboxylic acids is 1. The second-order valence-electron chi connectivity index (χ2n) is 5.59. The number of hydrogen-bond acceptors (Lipinski definition) is 4. The maximum Gasteiger partial charge on any atom is 0.252 e. The fourth-order valence-corrected chi connectivity index (χ4v) is 3.12. The van der Waals surface area contributed by atoms with E-state index in [1.54, 1.807) is 4.68 Å². The molecule has 0 aliphatic carbocycles. The quantitative estimate of drug-likeness (QED) is 0.887. The lowest BCUT2D eigenvalue weighted by molar-refractivity contribution is 0.0999. The average Bonchev–Trinajstić information content (AvgIpc) is 2.95. The van der Waals surface area contributed by atoms with E-state index in [1.165, 1.54) is 18.2 Å². The normalized spacial score (nSPS) is 16.5. The number of primary amides is 1. The van der Waals surface area contributed by atoms with E-state index in [4.69, 9.17) is 22.6 Å². The first-order valence-corrected chi connectivity index (χ1v) is 7.85. The zero-order valence-corrected chi connectivity index (χ0v) is 13.5. The summed E-state index contributed by atoms with van der Waals surface area (Å²) in [5.74, 6) is -1.15. The van der Waals surface area contributed by atoms with Gasteiger partial charge in [-0.2, -0.15) is 10.4 Å². The molecular formula is C16H15ClFN5O. The number of halogens is 2. The van der Waals surface area contributed by atoms with E-state index >= 15 is 0 Å². The first kappa shape index (κ1) is 16.4. The third-order valence-electron chi connectivity index (χ3n) is 4.06. The summed E-state index contributed by atoms with van der Waals surface area (Å²) in [5.41, 5.74) is 7.43. The van der Waals surface area contributed by atoms with Crippen molar-refractivity contribution in [3.05, 3.63) is 40.3 Å². The van der Waals surface area contributed by atoms with Gasteiger partial charge in [0.1, 0.15) is 11.5 Å². The number of carbonyl (C=O) groups is 1. The van der Waals surface area contributed by atoms with Crippen molar-refractivity contribution < 1.29 is 9.18 Å². The lowest BCUT2D eigenvalue weighted by Crippen LogP contribution is -2.34. The second kappa shape index (κ2) is 6.59. The van der Waals surface area contributed by atoms with Gasteiger partial charge in [0.15, 0.2) is 0 Å². The van der Waals surface area contributed by atoms with Crippen LogP contribution in [0, 0.1) is 17.1 Å². The van der Waals surface area contributed by atoms with E-state index in [2.05, 4.69) is 16.5 Å². The van der Waals surface area contributed by atoms with Gasteiger partial charge in [0.05, 0.1) is 28.4 Å². The molecule has 1 aromatic carbocycles. The smallest absolute Gasteiger partial charge is 0.252 e. The van der Waals surface area contributed by atoms with Gasteiger partial charge in [-0.15, -0.1) is 0 Å². The molecule has 0 saturated carbocycles. The van der Waals surface area contributed by atoms with Gasteiger partial charge in [-0.1, -0.05) is 11.6 Å². The number of benzene rings is 1. The second-order valence-corrected chi connectivity index (χ2v) is 6.00. The van der Waals surface area contributed by atoms with Crippen molar-refractivity contribution >= 4 is 17.5 Å². The summed E-state index contributed by atoms with van der Waals surface area (Å²) in [7, 11) is 0. The van der Waals surface area contributed by atoms with Crippen LogP contribution in [-0.4, -0.2) is 22.2 Å². The van der Waals surface area contributed by atoms with Crippen LogP contribution in [0.1, 0.15) is 34.9 Å². The highest BCUT2D eigenvalue weighted by Crippen LogP contribution is 2.32. The lowest BCUT2D eigenvalue weighted by Gasteiger charge is -2.25. The van der Waals surface area contributed by atoms with Crippen molar-refractivity contribution in [2.75, 3.05) is 6.54 Å². The Bertz CT molecular complexity index is 842. The summed E-state index contributed by atoms with van der Waals surface area (Å²) in [6, 6.07) is 6.24. The molecule has 0 spiro atoms. The van der Waals surface area contributed by atoms with Gasteiger partial charge in [-0.25, -0.2) is 4.39 Å². The SMILES string of the molecule is N#CCCC1CNCc2c(C(N)=O)c(-c3ccc(F)c(Cl)c3)nn21. The van der Waals surface area contributed by atoms with Crippen LogP contribution in [0.25, 0.3) is 11.3 Å². The number of nitrogens with two attached hydrogens (primary N) is 1. The molecule has 0 fully saturated rings. The Morgan fingerprint density at radius 1 is 1.58 bits per heavy atom. The number of rotatable bonds is 4. The number of nitriles is 1. The number of amides is 1. The highest BCUT2D eigenvalue weighted by molar-refractivity contribution is 6.31. The molecule has 124 valence electrons. The Morgan fingerprint density at radius 2 is 2.38 bits per heavy atom. The zero-order chi connectivity index (χ0) is 17.3. The highest BCUT2D eigenvalue weighted by Gasteiger charge is 2.29. The maximum absolute atomic E-state index is 13.4. The van der Waals surface area contributed by atoms with E-state index < -0.39 is 11.7 Å². The molecule has 6 nitrogen and oxygen atoms in total. The first-order chi connectivity index (χ1) is 11.5. The van der Waals surface area contributed by atoms with E-state index in [9.17, 15) is 9.18 Å². The van der Waals surface area contributed by atoms with Crippen molar-refractivity contribution in [1.29, 1.82) is 5.26 Å². The standard InChI is InChI=1S/C16H15ClFN5O/c17-11-6-9(3-4-12(11)18)15-14(16(20)24)13-8-21-7-10(2-1-5-19)23(13)22-15/h3-4,6,10,21H,1-2,7-8H2,(H2,20,24). The average molecular weight is 348 g/mol. The molecule has 1 atom stereocenters. The molecule has 1 unspecified atom stereocenters. The molecule has 2 heterocycles. The Hall–Kier alpha value is -2.43. The molecule has 0 radical (unpaired) electrons. The van der Waals surface area contributed by atoms with Gasteiger partial charge >= 0.3 is 0 Å². The van der Waals surface area contributed by atoms with Crippen molar-refractivity contribution in [3.63, 3.8) is 0 Å². The highest BCUT2D eigenvalue weighted by atomic mass is 35.5. The van der Waals surface area contributed by atoms with Gasteiger partial charge in [0.2, 0.25) is 0 Å². The van der Waals surface area contributed by atoms with Crippen molar-refractivity contribution in [3.8, 4) is 17.3 Å². The molecule has 8 heteroatoms. The van der Waals surface area contributed by atoms with Crippen LogP contribution in [0.3, 0.4) is 0 Å². The van der Waals surface area contributed by atoms with E-state index in [0.29, 0.717) is 48.4 Å². The fourth-order valence-electron chi connectivity index (χ4n) is 2.94. The van der Waals surface area contributed by atoms with E-state index in [-0.39, 0.29) is 11.1 Å². The Balaban J connectivity index is 2.13. The third-order valence-corrected chi connectivity index (χ3v) is 4.35. The topological polar surface area (TPSA) is 96.7 Å². The van der Waals surface area contributed by atoms with Crippen molar-refractivity contribution in [1.82, 2.24) is 15.1 Å². The first-order valence-electron chi connectivity index (χ1n) is 7.47. The van der Waals surface area contributed by atoms with Crippen molar-refractivity contribution in [2.24, 2.45) is 5.73 Å². The molecular weight excluding hydrogens is 333 g/mol. The molecule has 1 amide bonds. The van der Waals surface area contributed by atoms with Crippen LogP contribution in [-0.2, 0) is 6.54 Å². The molecule has 24 heavy (non-hydrogen) atoms. The maximum atomic E-state index is 13.4. The molecule has 2 aromatic rings. The zero-order valence-electron chi connectivity index (χ0n) is 12.7. The molecule has 1 aliphatic rings. The minimum atomic E-state index is -0.602. The van der Waals surface area contributed by atoms with Crippen LogP contribution in [0.15, 0.2) is 18.2 Å². The van der Waals surface area contributed by atoms with Gasteiger partial charge in [0, 0.05) is 25.1 Å². The van der Waals surface area contributed by atoms with Crippen LogP contribution < -0.4 is 11.1 Å². The summed E-state index contributed by atoms with van der Waals surface area (Å²) in [6.07, 6.45) is 0.995. The van der Waals surface area contributed by atoms with E-state index in [1.807, 2.05) is 0 Å². The number of hydrogen-bond donors (Lipinski definition) is 2. The summed E-state index contributed by atoms with van der Waals surface area (Å²) < 4.78 is 15.2. The predicted octanol–water partition coefficient (Wildman–Crippen LogP) is 2.39. The monoisotopic (exact) mass is 347 g/mol. The minimum absolute atomic E-state index is 0.0452. The Kier molecular flexibility index (Phi) is 4.51. The summed E-state index contributed by atoms with van der Waals surface area (Å²) in [4.78, 5) is 12.0. The molecule has 0 bridgehead atoms. The number of nitrogens with zero attached hydrogens (tertiary/aromatic N) is 3. The molecule has 3 N–H and O–H groups in total. The largest absolute Gasteiger partial charge is 0.365 e. The van der Waals surface area contributed by atoms with Crippen LogP contribution >= 0.6 is 11.6 Å². The Labute approximate surface area is 143 Å². The van der Waals surface area contributed by atoms with Gasteiger partial charge in [-0.05, 0) is 24.6 Å². The molecule has 1 aliphatic heterocycles. The Morgan fingerprint density at radius 3 is 3.04 bits per heavy atom. The van der Waals surface area contributed by atoms with Gasteiger partial charge in [-0.3, -0.25) is 9.48 Å². The number of aromatic nitrogens is 2. The van der Waals surface area contributed by atoms with Crippen LogP contribution in [0.5, 0.6) is 0 Å². The summed E-state index contributed by atoms with van der Waals surface area (Å²) >= 11 is 5.85. The van der Waals surface area contributed by atoms with Crippen LogP contribution in [0.4, 0.5) is 4.39 Å². The molecule has 1 aromatic heterocycles. The third kappa shape index (κ3) is 2.86. The predicted molar refractivity (Wildman–Crippen MR) is 86.7 cm³/mol. The van der Waals surface area contributed by atoms with Crippen molar-refractivity contribution in [2.45, 2.75) is 25.4 Å². The van der Waals surface area contributed by atoms with Crippen LogP contribution in [0.2, 0.25) is 5.02 Å². The number of nitrogens with one attached hydrogen (secondary N) is 1. The summed E-state index contributed by atoms with van der Waals surface area (Å²) in [5, 5.41) is 16.5.